The smallest absolute Gasteiger partial charge is 0.223 e. The van der Waals surface area contributed by atoms with Crippen LogP contribution in [0.4, 0.5) is 5.95 Å². The number of aromatic nitrogens is 5. The topological polar surface area (TPSA) is 72.0 Å². The number of anilines is 1. The van der Waals surface area contributed by atoms with Crippen molar-refractivity contribution in [3.05, 3.63) is 36.9 Å². The van der Waals surface area contributed by atoms with Crippen molar-refractivity contribution < 1.29 is 5.11 Å². The number of nitrogens with zero attached hydrogens (tertiary/aromatic N) is 6. The van der Waals surface area contributed by atoms with Crippen LogP contribution in [-0.4, -0.2) is 48.6 Å². The average molecular weight is 338 g/mol. The Balaban J connectivity index is 1.42. The van der Waals surface area contributed by atoms with Gasteiger partial charge in [-0.05, 0) is 36.8 Å². The summed E-state index contributed by atoms with van der Waals surface area (Å²) >= 11 is 0. The number of fused-ring (bicyclic) bond motifs is 2. The summed E-state index contributed by atoms with van der Waals surface area (Å²) in [6.45, 7) is 1.93. The molecule has 1 saturated carbocycles. The Labute approximate surface area is 145 Å². The second-order valence-corrected chi connectivity index (χ2v) is 7.36. The van der Waals surface area contributed by atoms with Gasteiger partial charge in [-0.3, -0.25) is 0 Å². The van der Waals surface area contributed by atoms with Crippen molar-refractivity contribution in [3.8, 4) is 0 Å². The summed E-state index contributed by atoms with van der Waals surface area (Å²) in [7, 11) is 1.93. The fourth-order valence-electron chi connectivity index (χ4n) is 4.69. The molecule has 7 heteroatoms. The second-order valence-electron chi connectivity index (χ2n) is 7.36. The predicted octanol–water partition coefficient (Wildman–Crippen LogP) is 1.61. The number of imidazole rings is 1. The summed E-state index contributed by atoms with van der Waals surface area (Å²) in [5.41, 5.74) is 2.09. The number of para-hydroxylation sites is 2. The number of rotatable bonds is 2. The summed E-state index contributed by atoms with van der Waals surface area (Å²) in [6, 6.07) is 8.23. The summed E-state index contributed by atoms with van der Waals surface area (Å²) in [5.74, 6) is 2.00. The first kappa shape index (κ1) is 14.9. The van der Waals surface area contributed by atoms with Crippen LogP contribution in [0.15, 0.2) is 36.9 Å². The van der Waals surface area contributed by atoms with Gasteiger partial charge in [-0.15, -0.1) is 0 Å². The van der Waals surface area contributed by atoms with Crippen LogP contribution in [0.25, 0.3) is 11.0 Å². The molecule has 2 aliphatic rings. The molecule has 0 amide bonds. The number of aliphatic hydroxyl groups excluding tert-OH is 1. The molecule has 0 radical (unpaired) electrons. The summed E-state index contributed by atoms with van der Waals surface area (Å²) in [6.07, 6.45) is 4.95. The molecule has 0 bridgehead atoms. The van der Waals surface area contributed by atoms with Crippen molar-refractivity contribution in [2.75, 3.05) is 18.0 Å². The highest BCUT2D eigenvalue weighted by molar-refractivity contribution is 5.75. The van der Waals surface area contributed by atoms with Crippen LogP contribution < -0.4 is 4.90 Å². The molecule has 5 rings (SSSR count). The van der Waals surface area contributed by atoms with Crippen molar-refractivity contribution in [1.82, 2.24) is 24.3 Å². The van der Waals surface area contributed by atoms with Crippen LogP contribution in [0, 0.1) is 11.8 Å². The van der Waals surface area contributed by atoms with Crippen LogP contribution in [0.3, 0.4) is 0 Å². The zero-order valence-corrected chi connectivity index (χ0v) is 14.2. The lowest BCUT2D eigenvalue weighted by Crippen LogP contribution is -2.36. The first-order valence-corrected chi connectivity index (χ1v) is 8.89. The standard InChI is InChI=1S/C18H22N6O/c1-22-18(19-10-21-22)23-8-12-6-16(17(25)7-13(12)9-23)24-11-20-14-4-2-3-5-15(14)24/h2-5,10-13,16-17,25H,6-9H2,1H3/t12-,13+,16-,17-/m1/s1. The average Bonchev–Trinajstić information content (AvgIpc) is 3.31. The maximum atomic E-state index is 10.8. The Morgan fingerprint density at radius 3 is 2.68 bits per heavy atom. The maximum absolute atomic E-state index is 10.8. The van der Waals surface area contributed by atoms with Gasteiger partial charge in [-0.2, -0.15) is 10.1 Å². The molecule has 1 aromatic carbocycles. The minimum absolute atomic E-state index is 0.0908. The Kier molecular flexibility index (Phi) is 3.31. The highest BCUT2D eigenvalue weighted by atomic mass is 16.3. The summed E-state index contributed by atoms with van der Waals surface area (Å²) < 4.78 is 4.00. The van der Waals surface area contributed by atoms with Crippen LogP contribution in [0.1, 0.15) is 18.9 Å². The van der Waals surface area contributed by atoms with Gasteiger partial charge in [-0.25, -0.2) is 9.67 Å². The SMILES string of the molecule is Cn1ncnc1N1C[C@H]2C[C@@H](n3cnc4ccccc43)[C@H](O)C[C@H]2C1. The lowest BCUT2D eigenvalue weighted by Gasteiger charge is -2.36. The van der Waals surface area contributed by atoms with E-state index in [1.807, 2.05) is 36.3 Å². The Morgan fingerprint density at radius 2 is 1.88 bits per heavy atom. The van der Waals surface area contributed by atoms with Gasteiger partial charge in [0.15, 0.2) is 0 Å². The molecular formula is C18H22N6O. The highest BCUT2D eigenvalue weighted by Gasteiger charge is 2.43. The first-order chi connectivity index (χ1) is 12.2. The van der Waals surface area contributed by atoms with Crippen molar-refractivity contribution in [2.45, 2.75) is 25.0 Å². The molecule has 2 aromatic heterocycles. The largest absolute Gasteiger partial charge is 0.391 e. The van der Waals surface area contributed by atoms with Gasteiger partial charge in [0, 0.05) is 20.1 Å². The first-order valence-electron chi connectivity index (χ1n) is 8.89. The highest BCUT2D eigenvalue weighted by Crippen LogP contribution is 2.42. The van der Waals surface area contributed by atoms with Gasteiger partial charge < -0.3 is 14.6 Å². The number of aliphatic hydroxyl groups is 1. The van der Waals surface area contributed by atoms with Crippen molar-refractivity contribution in [3.63, 3.8) is 0 Å². The molecule has 1 aliphatic heterocycles. The minimum Gasteiger partial charge on any atom is -0.391 e. The monoisotopic (exact) mass is 338 g/mol. The number of benzene rings is 1. The van der Waals surface area contributed by atoms with Crippen molar-refractivity contribution in [2.24, 2.45) is 18.9 Å². The third-order valence-corrected chi connectivity index (χ3v) is 5.92. The lowest BCUT2D eigenvalue weighted by molar-refractivity contribution is 0.0375. The van der Waals surface area contributed by atoms with Gasteiger partial charge in [-0.1, -0.05) is 12.1 Å². The third-order valence-electron chi connectivity index (χ3n) is 5.92. The van der Waals surface area contributed by atoms with E-state index in [4.69, 9.17) is 0 Å². The maximum Gasteiger partial charge on any atom is 0.223 e. The molecule has 1 N–H and O–H groups in total. The Morgan fingerprint density at radius 1 is 1.08 bits per heavy atom. The molecule has 130 valence electrons. The van der Waals surface area contributed by atoms with Crippen LogP contribution in [-0.2, 0) is 7.05 Å². The normalized spacial score (nSPS) is 29.3. The van der Waals surface area contributed by atoms with Gasteiger partial charge in [0.25, 0.3) is 0 Å². The molecule has 1 aliphatic carbocycles. The molecule has 4 atom stereocenters. The van der Waals surface area contributed by atoms with Crippen molar-refractivity contribution >= 4 is 17.0 Å². The molecule has 3 aromatic rings. The molecule has 25 heavy (non-hydrogen) atoms. The fourth-order valence-corrected chi connectivity index (χ4v) is 4.69. The van der Waals surface area contributed by atoms with Gasteiger partial charge in [0.05, 0.1) is 29.5 Å². The summed E-state index contributed by atoms with van der Waals surface area (Å²) in [4.78, 5) is 11.2. The number of aryl methyl sites for hydroxylation is 1. The van der Waals surface area contributed by atoms with E-state index in [0.29, 0.717) is 11.8 Å². The quantitative estimate of drug-likeness (QED) is 0.769. The van der Waals surface area contributed by atoms with Crippen LogP contribution in [0.2, 0.25) is 0 Å². The minimum atomic E-state index is -0.335. The molecule has 3 heterocycles. The molecular weight excluding hydrogens is 316 g/mol. The van der Waals surface area contributed by atoms with Gasteiger partial charge in [0.2, 0.25) is 5.95 Å². The summed E-state index contributed by atoms with van der Waals surface area (Å²) in [5, 5.41) is 15.0. The molecule has 2 fully saturated rings. The zero-order valence-electron chi connectivity index (χ0n) is 14.2. The van der Waals surface area contributed by atoms with E-state index in [0.717, 1.165) is 42.9 Å². The van der Waals surface area contributed by atoms with E-state index in [9.17, 15) is 5.11 Å². The van der Waals surface area contributed by atoms with E-state index in [-0.39, 0.29) is 12.1 Å². The second kappa shape index (κ2) is 5.56. The van der Waals surface area contributed by atoms with E-state index in [1.165, 1.54) is 0 Å². The van der Waals surface area contributed by atoms with Crippen molar-refractivity contribution in [1.29, 1.82) is 0 Å². The Bertz CT molecular complexity index is 902. The number of hydrogen-bond acceptors (Lipinski definition) is 5. The van der Waals surface area contributed by atoms with Crippen LogP contribution in [0.5, 0.6) is 0 Å². The molecule has 1 saturated heterocycles. The molecule has 0 spiro atoms. The predicted molar refractivity (Wildman–Crippen MR) is 94.2 cm³/mol. The van der Waals surface area contributed by atoms with E-state index < -0.39 is 0 Å². The fraction of sp³-hybridized carbons (Fsp3) is 0.500. The van der Waals surface area contributed by atoms with Gasteiger partial charge >= 0.3 is 0 Å². The zero-order chi connectivity index (χ0) is 17.0. The van der Waals surface area contributed by atoms with E-state index >= 15 is 0 Å². The van der Waals surface area contributed by atoms with E-state index in [1.54, 1.807) is 6.33 Å². The van der Waals surface area contributed by atoms with E-state index in [2.05, 4.69) is 30.6 Å². The molecule has 7 nitrogen and oxygen atoms in total. The van der Waals surface area contributed by atoms with Crippen LogP contribution >= 0.6 is 0 Å². The Hall–Kier alpha value is -2.41. The molecule has 0 unspecified atom stereocenters. The number of hydrogen-bond donors (Lipinski definition) is 1. The van der Waals surface area contributed by atoms with Gasteiger partial charge in [0.1, 0.15) is 6.33 Å². The third kappa shape index (κ3) is 2.33. The lowest BCUT2D eigenvalue weighted by atomic mass is 9.77.